The molecule has 0 atom stereocenters. The van der Waals surface area contributed by atoms with Crippen molar-refractivity contribution in [2.45, 2.75) is 19.4 Å². The van der Waals surface area contributed by atoms with Gasteiger partial charge in [-0.1, -0.05) is 0 Å². The number of nitriles is 1. The molecule has 5 nitrogen and oxygen atoms in total. The highest BCUT2D eigenvalue weighted by Crippen LogP contribution is 2.19. The molecule has 0 amide bonds. The molecule has 0 aromatic carbocycles. The standard InChI is InChI=1S/C11H15N5/c1-11(2)8-16(6-5-15-11)10-9(7-12)13-3-4-14-10/h3-4,15H,5-6,8H2,1-2H3. The van der Waals surface area contributed by atoms with Crippen molar-refractivity contribution in [3.63, 3.8) is 0 Å². The molecule has 1 aromatic heterocycles. The number of hydrogen-bond donors (Lipinski definition) is 1. The van der Waals surface area contributed by atoms with Crippen LogP contribution in [0.3, 0.4) is 0 Å². The van der Waals surface area contributed by atoms with Gasteiger partial charge in [0.15, 0.2) is 11.5 Å². The summed E-state index contributed by atoms with van der Waals surface area (Å²) in [5, 5.41) is 12.4. The van der Waals surface area contributed by atoms with Crippen LogP contribution in [0.4, 0.5) is 5.82 Å². The van der Waals surface area contributed by atoms with Gasteiger partial charge in [0.2, 0.25) is 0 Å². The van der Waals surface area contributed by atoms with Crippen molar-refractivity contribution in [1.29, 1.82) is 5.26 Å². The van der Waals surface area contributed by atoms with Gasteiger partial charge in [-0.25, -0.2) is 9.97 Å². The summed E-state index contributed by atoms with van der Waals surface area (Å²) < 4.78 is 0. The first-order chi connectivity index (χ1) is 7.62. The van der Waals surface area contributed by atoms with Gasteiger partial charge in [0, 0.05) is 37.6 Å². The van der Waals surface area contributed by atoms with Crippen molar-refractivity contribution in [3.8, 4) is 6.07 Å². The Morgan fingerprint density at radius 3 is 2.88 bits per heavy atom. The van der Waals surface area contributed by atoms with Gasteiger partial charge in [-0.05, 0) is 13.8 Å². The zero-order chi connectivity index (χ0) is 11.6. The lowest BCUT2D eigenvalue weighted by molar-refractivity contribution is 0.351. The smallest absolute Gasteiger partial charge is 0.183 e. The van der Waals surface area contributed by atoms with Gasteiger partial charge in [0.25, 0.3) is 0 Å². The van der Waals surface area contributed by atoms with Crippen LogP contribution in [0, 0.1) is 11.3 Å². The van der Waals surface area contributed by atoms with Crippen LogP contribution in [0.25, 0.3) is 0 Å². The van der Waals surface area contributed by atoms with Crippen LogP contribution < -0.4 is 10.2 Å². The zero-order valence-electron chi connectivity index (χ0n) is 9.56. The van der Waals surface area contributed by atoms with Crippen LogP contribution in [0.5, 0.6) is 0 Å². The van der Waals surface area contributed by atoms with Crippen LogP contribution >= 0.6 is 0 Å². The van der Waals surface area contributed by atoms with E-state index in [4.69, 9.17) is 5.26 Å². The first-order valence-electron chi connectivity index (χ1n) is 5.33. The van der Waals surface area contributed by atoms with Gasteiger partial charge in [-0.3, -0.25) is 0 Å². The van der Waals surface area contributed by atoms with Gasteiger partial charge >= 0.3 is 0 Å². The second-order valence-electron chi connectivity index (χ2n) is 4.57. The molecule has 0 unspecified atom stereocenters. The number of rotatable bonds is 1. The molecule has 2 heterocycles. The quantitative estimate of drug-likeness (QED) is 0.743. The maximum Gasteiger partial charge on any atom is 0.183 e. The molecular formula is C11H15N5. The van der Waals surface area contributed by atoms with Gasteiger partial charge in [0.1, 0.15) is 6.07 Å². The van der Waals surface area contributed by atoms with Crippen molar-refractivity contribution >= 4 is 5.82 Å². The van der Waals surface area contributed by atoms with Gasteiger partial charge in [0.05, 0.1) is 0 Å². The maximum absolute atomic E-state index is 8.98. The summed E-state index contributed by atoms with van der Waals surface area (Å²) in [7, 11) is 0. The molecule has 0 saturated carbocycles. The van der Waals surface area contributed by atoms with Gasteiger partial charge in [-0.2, -0.15) is 5.26 Å². The summed E-state index contributed by atoms with van der Waals surface area (Å²) in [6, 6.07) is 2.08. The molecule has 5 heteroatoms. The predicted molar refractivity (Wildman–Crippen MR) is 61.0 cm³/mol. The number of nitrogens with zero attached hydrogens (tertiary/aromatic N) is 4. The van der Waals surface area contributed by atoms with Gasteiger partial charge < -0.3 is 10.2 Å². The van der Waals surface area contributed by atoms with Crippen molar-refractivity contribution in [2.24, 2.45) is 0 Å². The molecular weight excluding hydrogens is 202 g/mol. The molecule has 16 heavy (non-hydrogen) atoms. The zero-order valence-corrected chi connectivity index (χ0v) is 9.56. The molecule has 1 saturated heterocycles. The Morgan fingerprint density at radius 1 is 1.44 bits per heavy atom. The molecule has 0 aliphatic carbocycles. The molecule has 0 radical (unpaired) electrons. The van der Waals surface area contributed by atoms with E-state index in [9.17, 15) is 0 Å². The third-order valence-electron chi connectivity index (χ3n) is 2.66. The van der Waals surface area contributed by atoms with Crippen LogP contribution in [-0.2, 0) is 0 Å². The number of nitrogens with one attached hydrogen (secondary N) is 1. The fourth-order valence-electron chi connectivity index (χ4n) is 1.96. The second kappa shape index (κ2) is 4.06. The van der Waals surface area contributed by atoms with Crippen molar-refractivity contribution in [1.82, 2.24) is 15.3 Å². The summed E-state index contributed by atoms with van der Waals surface area (Å²) in [6.07, 6.45) is 3.18. The molecule has 84 valence electrons. The van der Waals surface area contributed by atoms with E-state index in [-0.39, 0.29) is 5.54 Å². The molecule has 1 aliphatic rings. The van der Waals surface area contributed by atoms with Crippen molar-refractivity contribution in [2.75, 3.05) is 24.5 Å². The summed E-state index contributed by atoms with van der Waals surface area (Å²) in [4.78, 5) is 10.4. The minimum atomic E-state index is 0.0441. The Morgan fingerprint density at radius 2 is 2.19 bits per heavy atom. The number of hydrogen-bond acceptors (Lipinski definition) is 5. The van der Waals surface area contributed by atoms with E-state index in [1.165, 1.54) is 0 Å². The summed E-state index contributed by atoms with van der Waals surface area (Å²) >= 11 is 0. The summed E-state index contributed by atoms with van der Waals surface area (Å²) in [6.45, 7) is 6.87. The fraction of sp³-hybridized carbons (Fsp3) is 0.545. The second-order valence-corrected chi connectivity index (χ2v) is 4.57. The lowest BCUT2D eigenvalue weighted by Crippen LogP contribution is -2.57. The average Bonchev–Trinajstić information content (AvgIpc) is 2.27. The average molecular weight is 217 g/mol. The Labute approximate surface area is 95.1 Å². The van der Waals surface area contributed by atoms with E-state index in [1.807, 2.05) is 0 Å². The van der Waals surface area contributed by atoms with Gasteiger partial charge in [-0.15, -0.1) is 0 Å². The lowest BCUT2D eigenvalue weighted by atomic mass is 10.0. The monoisotopic (exact) mass is 217 g/mol. The highest BCUT2D eigenvalue weighted by molar-refractivity contribution is 5.50. The molecule has 2 rings (SSSR count). The van der Waals surface area contributed by atoms with Crippen molar-refractivity contribution < 1.29 is 0 Å². The third-order valence-corrected chi connectivity index (χ3v) is 2.66. The summed E-state index contributed by atoms with van der Waals surface area (Å²) in [5.74, 6) is 0.694. The van der Waals surface area contributed by atoms with Crippen LogP contribution in [0.2, 0.25) is 0 Å². The highest BCUT2D eigenvalue weighted by Gasteiger charge is 2.27. The Kier molecular flexibility index (Phi) is 2.75. The Balaban J connectivity index is 2.27. The lowest BCUT2D eigenvalue weighted by Gasteiger charge is -2.39. The van der Waals surface area contributed by atoms with Crippen LogP contribution in [0.1, 0.15) is 19.5 Å². The predicted octanol–water partition coefficient (Wildman–Crippen LogP) is 0.536. The van der Waals surface area contributed by atoms with E-state index in [2.05, 4.69) is 40.1 Å². The first kappa shape index (κ1) is 10.8. The van der Waals surface area contributed by atoms with Crippen LogP contribution in [-0.4, -0.2) is 35.1 Å². The van der Waals surface area contributed by atoms with Crippen molar-refractivity contribution in [3.05, 3.63) is 18.1 Å². The number of anilines is 1. The molecule has 1 aromatic rings. The van der Waals surface area contributed by atoms with E-state index in [0.717, 1.165) is 19.6 Å². The number of aromatic nitrogens is 2. The Bertz CT molecular complexity index is 421. The molecule has 1 N–H and O–H groups in total. The van der Waals surface area contributed by atoms with E-state index in [0.29, 0.717) is 11.5 Å². The van der Waals surface area contributed by atoms with Crippen LogP contribution in [0.15, 0.2) is 12.4 Å². The fourth-order valence-corrected chi connectivity index (χ4v) is 1.96. The first-order valence-corrected chi connectivity index (χ1v) is 5.33. The van der Waals surface area contributed by atoms with E-state index in [1.54, 1.807) is 12.4 Å². The molecule has 0 bridgehead atoms. The summed E-state index contributed by atoms with van der Waals surface area (Å²) in [5.41, 5.74) is 0.447. The largest absolute Gasteiger partial charge is 0.351 e. The minimum absolute atomic E-state index is 0.0441. The molecule has 0 spiro atoms. The topological polar surface area (TPSA) is 64.8 Å². The Hall–Kier alpha value is -1.67. The minimum Gasteiger partial charge on any atom is -0.351 e. The normalized spacial score (nSPS) is 19.2. The van der Waals surface area contributed by atoms with E-state index < -0.39 is 0 Å². The number of piperazine rings is 1. The van der Waals surface area contributed by atoms with E-state index >= 15 is 0 Å². The maximum atomic E-state index is 8.98. The highest BCUT2D eigenvalue weighted by atomic mass is 15.3. The molecule has 1 aliphatic heterocycles. The molecule has 1 fully saturated rings. The third kappa shape index (κ3) is 2.12. The SMILES string of the molecule is CC1(C)CN(c2nccnc2C#N)CCN1.